The molecule has 116 valence electrons. The lowest BCUT2D eigenvalue weighted by Gasteiger charge is -2.32. The van der Waals surface area contributed by atoms with E-state index in [9.17, 15) is 0 Å². The van der Waals surface area contributed by atoms with Crippen molar-refractivity contribution in [2.45, 2.75) is 25.3 Å². The molecule has 1 aliphatic rings. The highest BCUT2D eigenvalue weighted by Crippen LogP contribution is 2.41. The first-order valence-electron chi connectivity index (χ1n) is 8.25. The number of nitrogens with two attached hydrogens (primary N) is 1. The number of rotatable bonds is 2. The molecule has 5 rings (SSSR count). The van der Waals surface area contributed by atoms with Gasteiger partial charge in [-0.3, -0.25) is 0 Å². The lowest BCUT2D eigenvalue weighted by Crippen LogP contribution is -2.27. The maximum atomic E-state index is 6.60. The smallest absolute Gasteiger partial charge is 0.0329 e. The van der Waals surface area contributed by atoms with Gasteiger partial charge in [-0.15, -0.1) is 12.4 Å². The summed E-state index contributed by atoms with van der Waals surface area (Å²) in [6, 6.07) is 20.2. The van der Waals surface area contributed by atoms with Crippen molar-refractivity contribution >= 4 is 44.7 Å². The van der Waals surface area contributed by atoms with Crippen molar-refractivity contribution in [3.8, 4) is 0 Å². The van der Waals surface area contributed by atoms with Crippen molar-refractivity contribution in [3.63, 3.8) is 0 Å². The molecule has 1 aliphatic carbocycles. The molecular weight excluding hydrogens is 302 g/mol. The highest BCUT2D eigenvalue weighted by molar-refractivity contribution is 6.23. The SMILES string of the molecule is Cl.N[C@H](c1ccc2ccc3cccc4ccc1c2c34)C1CCC1. The zero-order valence-electron chi connectivity index (χ0n) is 13.0. The molecule has 4 aromatic carbocycles. The fourth-order valence-electron chi connectivity index (χ4n) is 4.10. The van der Waals surface area contributed by atoms with Crippen LogP contribution in [-0.2, 0) is 0 Å². The van der Waals surface area contributed by atoms with Gasteiger partial charge in [-0.1, -0.05) is 61.0 Å². The molecule has 1 atom stereocenters. The van der Waals surface area contributed by atoms with Gasteiger partial charge in [0.25, 0.3) is 0 Å². The van der Waals surface area contributed by atoms with E-state index in [2.05, 4.69) is 54.6 Å². The largest absolute Gasteiger partial charge is 0.324 e. The molecule has 0 spiro atoms. The van der Waals surface area contributed by atoms with Gasteiger partial charge in [0.1, 0.15) is 0 Å². The van der Waals surface area contributed by atoms with Crippen LogP contribution in [0.25, 0.3) is 32.3 Å². The van der Waals surface area contributed by atoms with Gasteiger partial charge in [0.2, 0.25) is 0 Å². The minimum atomic E-state index is 0. The first kappa shape index (κ1) is 14.7. The van der Waals surface area contributed by atoms with Crippen molar-refractivity contribution in [1.29, 1.82) is 0 Å². The topological polar surface area (TPSA) is 26.0 Å². The Balaban J connectivity index is 0.00000135. The van der Waals surface area contributed by atoms with Crippen LogP contribution in [-0.4, -0.2) is 0 Å². The quantitative estimate of drug-likeness (QED) is 0.463. The predicted molar refractivity (Wildman–Crippen MR) is 102 cm³/mol. The van der Waals surface area contributed by atoms with Crippen molar-refractivity contribution in [2.24, 2.45) is 11.7 Å². The van der Waals surface area contributed by atoms with Crippen LogP contribution in [0.4, 0.5) is 0 Å². The molecule has 0 aromatic heterocycles. The first-order chi connectivity index (χ1) is 10.8. The van der Waals surface area contributed by atoms with Crippen LogP contribution in [0.1, 0.15) is 30.9 Å². The van der Waals surface area contributed by atoms with Gasteiger partial charge in [-0.05, 0) is 56.6 Å². The van der Waals surface area contributed by atoms with Gasteiger partial charge in [0, 0.05) is 6.04 Å². The van der Waals surface area contributed by atoms with Crippen LogP contribution in [0.5, 0.6) is 0 Å². The Morgan fingerprint density at radius 2 is 1.39 bits per heavy atom. The molecule has 2 N–H and O–H groups in total. The molecule has 2 heteroatoms. The average Bonchev–Trinajstić information content (AvgIpc) is 2.50. The van der Waals surface area contributed by atoms with Gasteiger partial charge in [-0.25, -0.2) is 0 Å². The number of halogens is 1. The Morgan fingerprint density at radius 1 is 0.783 bits per heavy atom. The fraction of sp³-hybridized carbons (Fsp3) is 0.238. The summed E-state index contributed by atoms with van der Waals surface area (Å²) in [7, 11) is 0. The minimum Gasteiger partial charge on any atom is -0.324 e. The van der Waals surface area contributed by atoms with Crippen LogP contribution in [0.3, 0.4) is 0 Å². The van der Waals surface area contributed by atoms with E-state index in [0.717, 1.165) is 0 Å². The predicted octanol–water partition coefficient (Wildman–Crippen LogP) is 5.81. The third-order valence-electron chi connectivity index (χ3n) is 5.58. The Morgan fingerprint density at radius 3 is 2.04 bits per heavy atom. The Kier molecular flexibility index (Phi) is 3.44. The number of benzene rings is 4. The Bertz CT molecular complexity index is 971. The van der Waals surface area contributed by atoms with E-state index in [1.165, 1.54) is 57.1 Å². The van der Waals surface area contributed by atoms with E-state index in [0.29, 0.717) is 5.92 Å². The number of hydrogen-bond acceptors (Lipinski definition) is 1. The van der Waals surface area contributed by atoms with E-state index in [-0.39, 0.29) is 18.4 Å². The second-order valence-corrected chi connectivity index (χ2v) is 6.73. The van der Waals surface area contributed by atoms with Gasteiger partial charge in [0.05, 0.1) is 0 Å². The van der Waals surface area contributed by atoms with Crippen LogP contribution >= 0.6 is 12.4 Å². The summed E-state index contributed by atoms with van der Waals surface area (Å²) >= 11 is 0. The molecule has 4 aromatic rings. The van der Waals surface area contributed by atoms with Crippen molar-refractivity contribution in [2.75, 3.05) is 0 Å². The molecule has 1 saturated carbocycles. The molecular formula is C21H20ClN. The highest BCUT2D eigenvalue weighted by atomic mass is 35.5. The molecule has 0 bridgehead atoms. The summed E-state index contributed by atoms with van der Waals surface area (Å²) in [4.78, 5) is 0. The summed E-state index contributed by atoms with van der Waals surface area (Å²) in [6.45, 7) is 0. The maximum absolute atomic E-state index is 6.60. The molecule has 0 amide bonds. The second kappa shape index (κ2) is 5.36. The van der Waals surface area contributed by atoms with Gasteiger partial charge >= 0.3 is 0 Å². The summed E-state index contributed by atoms with van der Waals surface area (Å²) < 4.78 is 0. The van der Waals surface area contributed by atoms with Crippen LogP contribution in [0.2, 0.25) is 0 Å². The summed E-state index contributed by atoms with van der Waals surface area (Å²) in [5, 5.41) is 8.10. The summed E-state index contributed by atoms with van der Waals surface area (Å²) in [5.74, 6) is 0.665. The molecule has 0 radical (unpaired) electrons. The lowest BCUT2D eigenvalue weighted by atomic mass is 9.76. The summed E-state index contributed by atoms with van der Waals surface area (Å²) in [6.07, 6.45) is 3.90. The molecule has 1 nitrogen and oxygen atoms in total. The van der Waals surface area contributed by atoms with E-state index < -0.39 is 0 Å². The van der Waals surface area contributed by atoms with Crippen LogP contribution < -0.4 is 5.73 Å². The van der Waals surface area contributed by atoms with Crippen molar-refractivity contribution in [1.82, 2.24) is 0 Å². The normalized spacial score (nSPS) is 16.6. The lowest BCUT2D eigenvalue weighted by molar-refractivity contribution is 0.265. The second-order valence-electron chi connectivity index (χ2n) is 6.73. The van der Waals surface area contributed by atoms with E-state index in [4.69, 9.17) is 5.73 Å². The van der Waals surface area contributed by atoms with E-state index in [1.807, 2.05) is 0 Å². The zero-order chi connectivity index (χ0) is 14.7. The number of hydrogen-bond donors (Lipinski definition) is 1. The fourth-order valence-corrected chi connectivity index (χ4v) is 4.10. The minimum absolute atomic E-state index is 0. The van der Waals surface area contributed by atoms with Crippen molar-refractivity contribution < 1.29 is 0 Å². The molecule has 0 aliphatic heterocycles. The first-order valence-corrected chi connectivity index (χ1v) is 8.25. The molecule has 1 fully saturated rings. The molecule has 0 unspecified atom stereocenters. The van der Waals surface area contributed by atoms with Crippen LogP contribution in [0, 0.1) is 5.92 Å². The van der Waals surface area contributed by atoms with E-state index in [1.54, 1.807) is 0 Å². The van der Waals surface area contributed by atoms with Gasteiger partial charge in [-0.2, -0.15) is 0 Å². The monoisotopic (exact) mass is 321 g/mol. The third-order valence-corrected chi connectivity index (χ3v) is 5.58. The summed E-state index contributed by atoms with van der Waals surface area (Å²) in [5.41, 5.74) is 7.93. The maximum Gasteiger partial charge on any atom is 0.0329 e. The van der Waals surface area contributed by atoms with Gasteiger partial charge in [0.15, 0.2) is 0 Å². The average molecular weight is 322 g/mol. The molecule has 0 saturated heterocycles. The van der Waals surface area contributed by atoms with Crippen LogP contribution in [0.15, 0.2) is 54.6 Å². The van der Waals surface area contributed by atoms with Gasteiger partial charge < -0.3 is 5.73 Å². The standard InChI is InChI=1S/C21H19N.ClH/c22-21(16-5-2-6-16)18-12-10-15-8-7-13-3-1-4-14-9-11-17(18)20(15)19(13)14;/h1,3-4,7-12,16,21H,2,5-6,22H2;1H/t21-;/m0./s1. The highest BCUT2D eigenvalue weighted by Gasteiger charge is 2.27. The Labute approximate surface area is 142 Å². The third kappa shape index (κ3) is 2.04. The Hall–Kier alpha value is -1.83. The zero-order valence-corrected chi connectivity index (χ0v) is 13.8. The van der Waals surface area contributed by atoms with Crippen molar-refractivity contribution in [3.05, 3.63) is 60.2 Å². The molecule has 23 heavy (non-hydrogen) atoms. The van der Waals surface area contributed by atoms with E-state index >= 15 is 0 Å². The molecule has 0 heterocycles.